The average Bonchev–Trinajstić information content (AvgIpc) is 2.97. The third-order valence-corrected chi connectivity index (χ3v) is 5.84. The zero-order valence-corrected chi connectivity index (χ0v) is 18.7. The number of carbonyl (C=O) groups excluding carboxylic acids is 4. The van der Waals surface area contributed by atoms with Crippen LogP contribution in [0.5, 0.6) is 0 Å². The number of hydrogen-bond donors (Lipinski definition) is 2. The van der Waals surface area contributed by atoms with Crippen LogP contribution in [0.3, 0.4) is 0 Å². The molecule has 4 rings (SSSR count). The fraction of sp³-hybridized carbons (Fsp3) is 0.500. The standard InChI is InChI=1S/C20H25N5O4.2ClH/c21-6-1-7-23-8-10-24(11-9-23)13-2-3-14-15(12-13)20(29)25(19(14)28)16-4-5-17(26)22-18(16)27;;/h2-3,12,16H,1,4-11,21H2,(H,22,26,27);2*1H. The quantitative estimate of drug-likeness (QED) is 0.596. The normalized spacial score (nSPS) is 21.4. The lowest BCUT2D eigenvalue weighted by atomic mass is 10.0. The lowest BCUT2D eigenvalue weighted by Crippen LogP contribution is -2.54. The molecule has 2 fully saturated rings. The minimum atomic E-state index is -0.936. The van der Waals surface area contributed by atoms with Gasteiger partial charge in [0.2, 0.25) is 11.8 Å². The van der Waals surface area contributed by atoms with Gasteiger partial charge in [0, 0.05) is 38.3 Å². The van der Waals surface area contributed by atoms with Crippen molar-refractivity contribution >= 4 is 54.1 Å². The second kappa shape index (κ2) is 10.4. The van der Waals surface area contributed by atoms with Crippen LogP contribution in [0.1, 0.15) is 40.0 Å². The van der Waals surface area contributed by atoms with E-state index in [0.717, 1.165) is 49.7 Å². The van der Waals surface area contributed by atoms with Crippen molar-refractivity contribution in [2.45, 2.75) is 25.3 Å². The molecule has 3 N–H and O–H groups in total. The average molecular weight is 472 g/mol. The summed E-state index contributed by atoms with van der Waals surface area (Å²) in [4.78, 5) is 54.8. The van der Waals surface area contributed by atoms with Crippen LogP contribution in [-0.2, 0) is 9.59 Å². The fourth-order valence-corrected chi connectivity index (χ4v) is 4.20. The number of nitrogens with one attached hydrogen (secondary N) is 1. The van der Waals surface area contributed by atoms with Crippen LogP contribution < -0.4 is 16.0 Å². The van der Waals surface area contributed by atoms with Crippen molar-refractivity contribution in [3.8, 4) is 0 Å². The number of nitrogens with two attached hydrogens (primary N) is 1. The zero-order valence-electron chi connectivity index (χ0n) is 17.0. The summed E-state index contributed by atoms with van der Waals surface area (Å²) < 4.78 is 0. The highest BCUT2D eigenvalue weighted by Gasteiger charge is 2.44. The Morgan fingerprint density at radius 3 is 2.29 bits per heavy atom. The van der Waals surface area contributed by atoms with Gasteiger partial charge in [-0.2, -0.15) is 0 Å². The predicted molar refractivity (Wildman–Crippen MR) is 120 cm³/mol. The molecule has 0 aromatic heterocycles. The van der Waals surface area contributed by atoms with Gasteiger partial charge in [-0.05, 0) is 44.1 Å². The Morgan fingerprint density at radius 2 is 1.65 bits per heavy atom. The molecule has 4 amide bonds. The molecule has 1 aromatic rings. The van der Waals surface area contributed by atoms with Crippen LogP contribution in [0.2, 0.25) is 0 Å². The molecule has 3 heterocycles. The summed E-state index contributed by atoms with van der Waals surface area (Å²) in [5, 5.41) is 2.21. The molecule has 3 aliphatic rings. The molecule has 11 heteroatoms. The van der Waals surface area contributed by atoms with Gasteiger partial charge >= 0.3 is 0 Å². The number of imide groups is 2. The van der Waals surface area contributed by atoms with Crippen LogP contribution in [-0.4, -0.2) is 78.7 Å². The topological polar surface area (TPSA) is 116 Å². The Kier molecular flexibility index (Phi) is 8.41. The molecular weight excluding hydrogens is 445 g/mol. The Hall–Kier alpha value is -2.20. The first kappa shape index (κ1) is 25.1. The molecule has 0 spiro atoms. The molecular formula is C20H27Cl2N5O4. The first-order chi connectivity index (χ1) is 14.0. The molecule has 9 nitrogen and oxygen atoms in total. The Labute approximate surface area is 193 Å². The second-order valence-electron chi connectivity index (χ2n) is 7.65. The zero-order chi connectivity index (χ0) is 20.5. The number of fused-ring (bicyclic) bond motifs is 1. The number of hydrogen-bond acceptors (Lipinski definition) is 7. The Bertz CT molecular complexity index is 873. The maximum absolute atomic E-state index is 12.9. The van der Waals surface area contributed by atoms with E-state index in [-0.39, 0.29) is 43.6 Å². The van der Waals surface area contributed by atoms with Crippen LogP contribution >= 0.6 is 24.8 Å². The molecule has 2 saturated heterocycles. The van der Waals surface area contributed by atoms with Crippen molar-refractivity contribution in [3.05, 3.63) is 29.3 Å². The third-order valence-electron chi connectivity index (χ3n) is 5.84. The van der Waals surface area contributed by atoms with Gasteiger partial charge in [0.05, 0.1) is 11.1 Å². The molecule has 31 heavy (non-hydrogen) atoms. The summed E-state index contributed by atoms with van der Waals surface area (Å²) in [6, 6.07) is 4.33. The lowest BCUT2D eigenvalue weighted by Gasteiger charge is -2.36. The minimum absolute atomic E-state index is 0. The molecule has 1 unspecified atom stereocenters. The molecule has 0 saturated carbocycles. The maximum atomic E-state index is 12.9. The minimum Gasteiger partial charge on any atom is -0.369 e. The number of piperidine rings is 1. The maximum Gasteiger partial charge on any atom is 0.262 e. The summed E-state index contributed by atoms with van der Waals surface area (Å²) in [5.41, 5.74) is 7.11. The predicted octanol–water partition coefficient (Wildman–Crippen LogP) is 0.402. The van der Waals surface area contributed by atoms with E-state index in [4.69, 9.17) is 5.73 Å². The highest BCUT2D eigenvalue weighted by Crippen LogP contribution is 2.31. The van der Waals surface area contributed by atoms with Crippen LogP contribution in [0, 0.1) is 0 Å². The highest BCUT2D eigenvalue weighted by atomic mass is 35.5. The van der Waals surface area contributed by atoms with E-state index in [0.29, 0.717) is 17.7 Å². The van der Waals surface area contributed by atoms with Crippen LogP contribution in [0.25, 0.3) is 0 Å². The van der Waals surface area contributed by atoms with Gasteiger partial charge in [-0.3, -0.25) is 34.3 Å². The van der Waals surface area contributed by atoms with E-state index < -0.39 is 23.8 Å². The summed E-state index contributed by atoms with van der Waals surface area (Å²) in [7, 11) is 0. The van der Waals surface area contributed by atoms with Gasteiger partial charge in [-0.1, -0.05) is 0 Å². The summed E-state index contributed by atoms with van der Waals surface area (Å²) >= 11 is 0. The first-order valence-electron chi connectivity index (χ1n) is 10.0. The van der Waals surface area contributed by atoms with Gasteiger partial charge in [0.15, 0.2) is 0 Å². The van der Waals surface area contributed by atoms with Crippen LogP contribution in [0.15, 0.2) is 18.2 Å². The smallest absolute Gasteiger partial charge is 0.262 e. The van der Waals surface area contributed by atoms with Crippen molar-refractivity contribution < 1.29 is 19.2 Å². The van der Waals surface area contributed by atoms with E-state index in [1.54, 1.807) is 12.1 Å². The van der Waals surface area contributed by atoms with E-state index in [1.807, 2.05) is 6.07 Å². The van der Waals surface area contributed by atoms with E-state index in [1.165, 1.54) is 0 Å². The number of halogens is 2. The molecule has 1 atom stereocenters. The van der Waals surface area contributed by atoms with Gasteiger partial charge in [0.1, 0.15) is 6.04 Å². The van der Waals surface area contributed by atoms with Gasteiger partial charge in [0.25, 0.3) is 11.8 Å². The SMILES string of the molecule is Cl.Cl.NCCCN1CCN(c2ccc3c(c2)C(=O)N(C2CCC(=O)NC2=O)C3=O)CC1. The highest BCUT2D eigenvalue weighted by molar-refractivity contribution is 6.23. The summed E-state index contributed by atoms with van der Waals surface area (Å²) in [5.74, 6) is -1.92. The molecule has 0 bridgehead atoms. The van der Waals surface area contributed by atoms with Gasteiger partial charge < -0.3 is 10.6 Å². The number of amides is 4. The number of rotatable bonds is 5. The Balaban J connectivity index is 0.00000171. The van der Waals surface area contributed by atoms with E-state index in [2.05, 4.69) is 15.1 Å². The van der Waals surface area contributed by atoms with Crippen molar-refractivity contribution in [2.75, 3.05) is 44.2 Å². The fourth-order valence-electron chi connectivity index (χ4n) is 4.20. The lowest BCUT2D eigenvalue weighted by molar-refractivity contribution is -0.136. The molecule has 1 aromatic carbocycles. The van der Waals surface area contributed by atoms with Crippen molar-refractivity contribution in [3.63, 3.8) is 0 Å². The second-order valence-corrected chi connectivity index (χ2v) is 7.65. The number of benzene rings is 1. The third kappa shape index (κ3) is 4.85. The monoisotopic (exact) mass is 471 g/mol. The number of piperazine rings is 1. The Morgan fingerprint density at radius 1 is 0.968 bits per heavy atom. The van der Waals surface area contributed by atoms with E-state index in [9.17, 15) is 19.2 Å². The number of carbonyl (C=O) groups is 4. The molecule has 0 radical (unpaired) electrons. The van der Waals surface area contributed by atoms with Gasteiger partial charge in [-0.25, -0.2) is 0 Å². The number of nitrogens with zero attached hydrogens (tertiary/aromatic N) is 3. The number of anilines is 1. The first-order valence-corrected chi connectivity index (χ1v) is 10.0. The molecule has 170 valence electrons. The van der Waals surface area contributed by atoms with Crippen molar-refractivity contribution in [2.24, 2.45) is 5.73 Å². The van der Waals surface area contributed by atoms with Crippen molar-refractivity contribution in [1.29, 1.82) is 0 Å². The molecule has 3 aliphatic heterocycles. The summed E-state index contributed by atoms with van der Waals surface area (Å²) in [6.45, 7) is 5.19. The largest absolute Gasteiger partial charge is 0.369 e. The van der Waals surface area contributed by atoms with E-state index >= 15 is 0 Å². The van der Waals surface area contributed by atoms with Crippen LogP contribution in [0.4, 0.5) is 5.69 Å². The molecule has 0 aliphatic carbocycles. The van der Waals surface area contributed by atoms with Gasteiger partial charge in [-0.15, -0.1) is 24.8 Å². The van der Waals surface area contributed by atoms with Crippen molar-refractivity contribution in [1.82, 2.24) is 15.1 Å². The summed E-state index contributed by atoms with van der Waals surface area (Å²) in [6.07, 6.45) is 1.25.